The molecule has 19 heavy (non-hydrogen) atoms. The Labute approximate surface area is 113 Å². The Morgan fingerprint density at radius 3 is 2.47 bits per heavy atom. The van der Waals surface area contributed by atoms with Gasteiger partial charge in [0.25, 0.3) is 0 Å². The Morgan fingerprint density at radius 1 is 1.05 bits per heavy atom. The minimum absolute atomic E-state index is 0.490. The monoisotopic (exact) mass is 257 g/mol. The van der Waals surface area contributed by atoms with Crippen LogP contribution < -0.4 is 10.1 Å². The summed E-state index contributed by atoms with van der Waals surface area (Å²) in [5.74, 6) is 0.865. The van der Waals surface area contributed by atoms with Gasteiger partial charge in [0.1, 0.15) is 5.75 Å². The molecule has 0 aromatic heterocycles. The number of benzene rings is 2. The number of methoxy groups -OCH3 is 1. The highest BCUT2D eigenvalue weighted by Crippen LogP contribution is 2.17. The Bertz CT molecular complexity index is 499. The molecule has 0 saturated heterocycles. The summed E-state index contributed by atoms with van der Waals surface area (Å²) < 4.78 is 5.28. The molecule has 0 unspecified atom stereocenters. The predicted octanol–water partition coefficient (Wildman–Crippen LogP) is 2.52. The van der Waals surface area contributed by atoms with Crippen LogP contribution in [-0.2, 0) is 6.54 Å². The first-order valence-corrected chi connectivity index (χ1v) is 6.37. The van der Waals surface area contributed by atoms with Crippen molar-refractivity contribution in [3.05, 3.63) is 65.7 Å². The van der Waals surface area contributed by atoms with E-state index in [-0.39, 0.29) is 0 Å². The fourth-order valence-corrected chi connectivity index (χ4v) is 1.99. The van der Waals surface area contributed by atoms with Crippen molar-refractivity contribution in [2.45, 2.75) is 12.6 Å². The zero-order chi connectivity index (χ0) is 13.5. The molecular formula is C16H19NO2. The summed E-state index contributed by atoms with van der Waals surface area (Å²) in [7, 11) is 1.66. The van der Waals surface area contributed by atoms with Crippen molar-refractivity contribution < 1.29 is 9.84 Å². The van der Waals surface area contributed by atoms with Crippen LogP contribution in [-0.4, -0.2) is 18.8 Å². The SMILES string of the molecule is COc1ccccc1CNC[C@H](O)c1ccccc1. The maximum absolute atomic E-state index is 10.0. The van der Waals surface area contributed by atoms with Crippen LogP contribution in [0.15, 0.2) is 54.6 Å². The van der Waals surface area contributed by atoms with Crippen molar-refractivity contribution in [2.24, 2.45) is 0 Å². The first-order valence-electron chi connectivity index (χ1n) is 6.37. The summed E-state index contributed by atoms with van der Waals surface area (Å²) in [6.45, 7) is 1.19. The lowest BCUT2D eigenvalue weighted by Gasteiger charge is -2.13. The van der Waals surface area contributed by atoms with Crippen molar-refractivity contribution in [3.8, 4) is 5.75 Å². The number of para-hydroxylation sites is 1. The van der Waals surface area contributed by atoms with Crippen LogP contribution in [0.3, 0.4) is 0 Å². The molecule has 0 bridgehead atoms. The van der Waals surface area contributed by atoms with Crippen LogP contribution in [0.25, 0.3) is 0 Å². The molecule has 0 saturated carbocycles. The molecule has 0 amide bonds. The van der Waals surface area contributed by atoms with Crippen molar-refractivity contribution in [2.75, 3.05) is 13.7 Å². The van der Waals surface area contributed by atoms with Crippen molar-refractivity contribution >= 4 is 0 Å². The van der Waals surface area contributed by atoms with E-state index in [0.29, 0.717) is 13.1 Å². The summed E-state index contributed by atoms with van der Waals surface area (Å²) in [5.41, 5.74) is 2.01. The topological polar surface area (TPSA) is 41.5 Å². The lowest BCUT2D eigenvalue weighted by Crippen LogP contribution is -2.21. The number of aliphatic hydroxyl groups is 1. The molecule has 1 atom stereocenters. The summed E-state index contributed by atoms with van der Waals surface area (Å²) in [4.78, 5) is 0. The molecule has 2 aromatic carbocycles. The average molecular weight is 257 g/mol. The second-order valence-electron chi connectivity index (χ2n) is 4.37. The maximum Gasteiger partial charge on any atom is 0.123 e. The normalized spacial score (nSPS) is 12.1. The molecule has 0 heterocycles. The third-order valence-corrected chi connectivity index (χ3v) is 3.03. The predicted molar refractivity (Wildman–Crippen MR) is 76.1 cm³/mol. The van der Waals surface area contributed by atoms with Gasteiger partial charge in [-0.1, -0.05) is 48.5 Å². The zero-order valence-electron chi connectivity index (χ0n) is 11.0. The molecular weight excluding hydrogens is 238 g/mol. The van der Waals surface area contributed by atoms with E-state index in [1.54, 1.807) is 7.11 Å². The Balaban J connectivity index is 1.87. The van der Waals surface area contributed by atoms with Crippen LogP contribution in [0.1, 0.15) is 17.2 Å². The number of hydrogen-bond donors (Lipinski definition) is 2. The lowest BCUT2D eigenvalue weighted by atomic mass is 10.1. The zero-order valence-corrected chi connectivity index (χ0v) is 11.0. The number of rotatable bonds is 6. The summed E-state index contributed by atoms with van der Waals surface area (Å²) in [6, 6.07) is 17.5. The van der Waals surface area contributed by atoms with Gasteiger partial charge >= 0.3 is 0 Å². The highest BCUT2D eigenvalue weighted by atomic mass is 16.5. The van der Waals surface area contributed by atoms with Crippen LogP contribution >= 0.6 is 0 Å². The number of aliphatic hydroxyl groups excluding tert-OH is 1. The van der Waals surface area contributed by atoms with Gasteiger partial charge in [0.15, 0.2) is 0 Å². The van der Waals surface area contributed by atoms with Gasteiger partial charge in [0.2, 0.25) is 0 Å². The molecule has 2 N–H and O–H groups in total. The van der Waals surface area contributed by atoms with E-state index >= 15 is 0 Å². The van der Waals surface area contributed by atoms with Crippen LogP contribution in [0.5, 0.6) is 5.75 Å². The third kappa shape index (κ3) is 3.81. The Morgan fingerprint density at radius 2 is 1.74 bits per heavy atom. The Hall–Kier alpha value is -1.84. The molecule has 0 aliphatic heterocycles. The maximum atomic E-state index is 10.0. The van der Waals surface area contributed by atoms with E-state index in [2.05, 4.69) is 5.32 Å². The highest BCUT2D eigenvalue weighted by Gasteiger charge is 2.07. The Kier molecular flexibility index (Phi) is 4.95. The first kappa shape index (κ1) is 13.6. The van der Waals surface area contributed by atoms with Gasteiger partial charge in [0.05, 0.1) is 13.2 Å². The van der Waals surface area contributed by atoms with E-state index < -0.39 is 6.10 Å². The molecule has 0 radical (unpaired) electrons. The molecule has 3 heteroatoms. The number of hydrogen-bond acceptors (Lipinski definition) is 3. The fraction of sp³-hybridized carbons (Fsp3) is 0.250. The quantitative estimate of drug-likeness (QED) is 0.835. The van der Waals surface area contributed by atoms with Crippen molar-refractivity contribution in [1.29, 1.82) is 0 Å². The van der Waals surface area contributed by atoms with Gasteiger partial charge in [-0.25, -0.2) is 0 Å². The number of nitrogens with one attached hydrogen (secondary N) is 1. The van der Waals surface area contributed by atoms with E-state index in [9.17, 15) is 5.11 Å². The molecule has 0 aliphatic carbocycles. The standard InChI is InChI=1S/C16H19NO2/c1-19-16-10-6-5-9-14(16)11-17-12-15(18)13-7-3-2-4-8-13/h2-10,15,17-18H,11-12H2,1H3/t15-/m0/s1. The van der Waals surface area contributed by atoms with E-state index in [1.807, 2.05) is 54.6 Å². The molecule has 2 aromatic rings. The summed E-state index contributed by atoms with van der Waals surface area (Å²) in [5, 5.41) is 13.3. The summed E-state index contributed by atoms with van der Waals surface area (Å²) >= 11 is 0. The van der Waals surface area contributed by atoms with Crippen molar-refractivity contribution in [1.82, 2.24) is 5.32 Å². The smallest absolute Gasteiger partial charge is 0.123 e. The largest absolute Gasteiger partial charge is 0.496 e. The second-order valence-corrected chi connectivity index (χ2v) is 4.37. The van der Waals surface area contributed by atoms with Crippen molar-refractivity contribution in [3.63, 3.8) is 0 Å². The molecule has 2 rings (SSSR count). The highest BCUT2D eigenvalue weighted by molar-refractivity contribution is 5.33. The van der Waals surface area contributed by atoms with Crippen LogP contribution in [0.2, 0.25) is 0 Å². The molecule has 0 aliphatic rings. The van der Waals surface area contributed by atoms with E-state index in [4.69, 9.17) is 4.74 Å². The summed E-state index contributed by atoms with van der Waals surface area (Å²) in [6.07, 6.45) is -0.490. The van der Waals surface area contributed by atoms with Gasteiger partial charge in [-0.15, -0.1) is 0 Å². The minimum atomic E-state index is -0.490. The number of ether oxygens (including phenoxy) is 1. The fourth-order valence-electron chi connectivity index (χ4n) is 1.99. The van der Waals surface area contributed by atoms with E-state index in [1.165, 1.54) is 0 Å². The molecule has 3 nitrogen and oxygen atoms in total. The second kappa shape index (κ2) is 6.92. The van der Waals surface area contributed by atoms with Crippen LogP contribution in [0.4, 0.5) is 0 Å². The average Bonchev–Trinajstić information content (AvgIpc) is 2.48. The van der Waals surface area contributed by atoms with Gasteiger partial charge < -0.3 is 15.2 Å². The van der Waals surface area contributed by atoms with E-state index in [0.717, 1.165) is 16.9 Å². The first-order chi connectivity index (χ1) is 9.31. The van der Waals surface area contributed by atoms with Crippen LogP contribution in [0, 0.1) is 0 Å². The molecule has 0 spiro atoms. The molecule has 100 valence electrons. The third-order valence-electron chi connectivity index (χ3n) is 3.03. The van der Waals surface area contributed by atoms with Gasteiger partial charge in [-0.3, -0.25) is 0 Å². The minimum Gasteiger partial charge on any atom is -0.496 e. The van der Waals surface area contributed by atoms with Gasteiger partial charge in [0, 0.05) is 18.7 Å². The molecule has 0 fully saturated rings. The van der Waals surface area contributed by atoms with Gasteiger partial charge in [-0.05, 0) is 11.6 Å². The lowest BCUT2D eigenvalue weighted by molar-refractivity contribution is 0.174. The van der Waals surface area contributed by atoms with Gasteiger partial charge in [-0.2, -0.15) is 0 Å².